The van der Waals surface area contributed by atoms with Crippen molar-refractivity contribution in [1.29, 1.82) is 0 Å². The molecule has 90 valence electrons. The first-order valence-corrected chi connectivity index (χ1v) is 6.72. The highest BCUT2D eigenvalue weighted by atomic mass is 79.9. The molecule has 1 aromatic carbocycles. The van der Waals surface area contributed by atoms with Gasteiger partial charge in [-0.2, -0.15) is 0 Å². The standard InChI is InChI=1S/C13H16BrN3/c1-17-12(15)16-8-13(17)6-5-10-9(7-13)3-2-4-11(10)14/h2-4H,5-8H2,1H3,(H2,15,16). The average molecular weight is 294 g/mol. The number of nitrogens with two attached hydrogens (primary N) is 1. The van der Waals surface area contributed by atoms with E-state index in [1.165, 1.54) is 15.6 Å². The van der Waals surface area contributed by atoms with E-state index in [1.54, 1.807) is 0 Å². The Hall–Kier alpha value is -1.03. The topological polar surface area (TPSA) is 41.6 Å². The van der Waals surface area contributed by atoms with Crippen molar-refractivity contribution >= 4 is 21.9 Å². The zero-order valence-electron chi connectivity index (χ0n) is 9.91. The Morgan fingerprint density at radius 2 is 2.29 bits per heavy atom. The molecule has 3 rings (SSSR count). The summed E-state index contributed by atoms with van der Waals surface area (Å²) < 4.78 is 1.24. The van der Waals surface area contributed by atoms with Gasteiger partial charge in [0.05, 0.1) is 12.1 Å². The first-order valence-electron chi connectivity index (χ1n) is 5.92. The molecule has 0 aromatic heterocycles. The number of benzene rings is 1. The van der Waals surface area contributed by atoms with Gasteiger partial charge >= 0.3 is 0 Å². The van der Waals surface area contributed by atoms with Crippen molar-refractivity contribution in [2.45, 2.75) is 24.8 Å². The van der Waals surface area contributed by atoms with Crippen LogP contribution >= 0.6 is 15.9 Å². The predicted molar refractivity (Wildman–Crippen MR) is 73.2 cm³/mol. The van der Waals surface area contributed by atoms with Crippen LogP contribution in [0, 0.1) is 0 Å². The van der Waals surface area contributed by atoms with E-state index in [9.17, 15) is 0 Å². The second-order valence-corrected chi connectivity index (χ2v) is 5.87. The van der Waals surface area contributed by atoms with Gasteiger partial charge in [-0.15, -0.1) is 0 Å². The minimum Gasteiger partial charge on any atom is -0.370 e. The number of hydrogen-bond donors (Lipinski definition) is 1. The average Bonchev–Trinajstić information content (AvgIpc) is 2.59. The number of halogens is 1. The lowest BCUT2D eigenvalue weighted by Gasteiger charge is -2.40. The summed E-state index contributed by atoms with van der Waals surface area (Å²) in [6.07, 6.45) is 3.27. The number of guanidine groups is 1. The molecule has 1 atom stereocenters. The van der Waals surface area contributed by atoms with E-state index >= 15 is 0 Å². The summed E-state index contributed by atoms with van der Waals surface area (Å²) in [4.78, 5) is 6.56. The van der Waals surface area contributed by atoms with E-state index in [-0.39, 0.29) is 5.54 Å². The first kappa shape index (κ1) is 11.1. The molecule has 3 nitrogen and oxygen atoms in total. The van der Waals surface area contributed by atoms with Gasteiger partial charge in [0.25, 0.3) is 0 Å². The van der Waals surface area contributed by atoms with E-state index in [4.69, 9.17) is 5.73 Å². The van der Waals surface area contributed by atoms with Crippen molar-refractivity contribution in [3.63, 3.8) is 0 Å². The maximum atomic E-state index is 5.90. The van der Waals surface area contributed by atoms with Crippen LogP contribution in [0.5, 0.6) is 0 Å². The third-order valence-corrected chi connectivity index (χ3v) is 4.91. The summed E-state index contributed by atoms with van der Waals surface area (Å²) in [7, 11) is 2.06. The Morgan fingerprint density at radius 3 is 3.00 bits per heavy atom. The highest BCUT2D eigenvalue weighted by Gasteiger charge is 2.42. The zero-order chi connectivity index (χ0) is 12.0. The maximum Gasteiger partial charge on any atom is 0.191 e. The van der Waals surface area contributed by atoms with Crippen molar-refractivity contribution < 1.29 is 0 Å². The van der Waals surface area contributed by atoms with Crippen LogP contribution < -0.4 is 5.73 Å². The van der Waals surface area contributed by atoms with E-state index in [0.29, 0.717) is 5.96 Å². The van der Waals surface area contributed by atoms with Gasteiger partial charge in [-0.3, -0.25) is 4.99 Å². The molecule has 1 heterocycles. The molecule has 0 saturated carbocycles. The fourth-order valence-corrected chi connectivity index (χ4v) is 3.56. The molecule has 2 N–H and O–H groups in total. The molecule has 0 radical (unpaired) electrons. The third-order valence-electron chi connectivity index (χ3n) is 4.17. The number of nitrogens with zero attached hydrogens (tertiary/aromatic N) is 2. The quantitative estimate of drug-likeness (QED) is 0.794. The van der Waals surface area contributed by atoms with Crippen LogP contribution in [0.1, 0.15) is 17.5 Å². The molecule has 2 aliphatic rings. The Bertz CT molecular complexity index is 497. The summed E-state index contributed by atoms with van der Waals surface area (Å²) in [6, 6.07) is 6.46. The molecule has 0 fully saturated rings. The predicted octanol–water partition coefficient (Wildman–Crippen LogP) is 1.94. The van der Waals surface area contributed by atoms with E-state index in [0.717, 1.165) is 25.8 Å². The van der Waals surface area contributed by atoms with E-state index < -0.39 is 0 Å². The number of hydrogen-bond acceptors (Lipinski definition) is 3. The second kappa shape index (κ2) is 3.73. The molecule has 4 heteroatoms. The van der Waals surface area contributed by atoms with E-state index in [1.807, 2.05) is 0 Å². The lowest BCUT2D eigenvalue weighted by molar-refractivity contribution is 0.207. The minimum absolute atomic E-state index is 0.123. The lowest BCUT2D eigenvalue weighted by atomic mass is 9.77. The number of fused-ring (bicyclic) bond motifs is 1. The van der Waals surface area contributed by atoms with Crippen LogP contribution in [0.25, 0.3) is 0 Å². The van der Waals surface area contributed by atoms with Crippen LogP contribution in [-0.4, -0.2) is 30.0 Å². The Balaban J connectivity index is 1.97. The fraction of sp³-hybridized carbons (Fsp3) is 0.462. The van der Waals surface area contributed by atoms with Crippen molar-refractivity contribution in [3.05, 3.63) is 33.8 Å². The normalized spacial score (nSPS) is 27.2. The highest BCUT2D eigenvalue weighted by Crippen LogP contribution is 2.37. The molecule has 1 aliphatic heterocycles. The Morgan fingerprint density at radius 1 is 1.47 bits per heavy atom. The molecule has 17 heavy (non-hydrogen) atoms. The fourth-order valence-electron chi connectivity index (χ4n) is 2.95. The molecular weight excluding hydrogens is 278 g/mol. The van der Waals surface area contributed by atoms with Gasteiger partial charge in [0, 0.05) is 11.5 Å². The van der Waals surface area contributed by atoms with Crippen LogP contribution in [0.2, 0.25) is 0 Å². The molecule has 0 bridgehead atoms. The smallest absolute Gasteiger partial charge is 0.191 e. The van der Waals surface area contributed by atoms with Crippen LogP contribution in [0.4, 0.5) is 0 Å². The SMILES string of the molecule is CN1C(N)=NCC12CCc1c(Br)cccc1C2. The molecule has 0 saturated heterocycles. The minimum atomic E-state index is 0.123. The number of likely N-dealkylation sites (N-methyl/N-ethyl adjacent to an activating group) is 1. The van der Waals surface area contributed by atoms with Crippen LogP contribution in [0.15, 0.2) is 27.7 Å². The van der Waals surface area contributed by atoms with Crippen molar-refractivity contribution in [2.24, 2.45) is 10.7 Å². The molecule has 0 amide bonds. The molecule has 1 spiro atoms. The van der Waals surface area contributed by atoms with Gasteiger partial charge in [0.15, 0.2) is 5.96 Å². The molecule has 1 unspecified atom stereocenters. The van der Waals surface area contributed by atoms with Crippen molar-refractivity contribution in [3.8, 4) is 0 Å². The van der Waals surface area contributed by atoms with Crippen molar-refractivity contribution in [1.82, 2.24) is 4.90 Å². The van der Waals surface area contributed by atoms with E-state index in [2.05, 4.69) is 51.1 Å². The van der Waals surface area contributed by atoms with Gasteiger partial charge in [0.1, 0.15) is 0 Å². The number of rotatable bonds is 0. The van der Waals surface area contributed by atoms with Crippen molar-refractivity contribution in [2.75, 3.05) is 13.6 Å². The maximum absolute atomic E-state index is 5.90. The monoisotopic (exact) mass is 293 g/mol. The third kappa shape index (κ3) is 1.58. The molecule has 1 aromatic rings. The van der Waals surface area contributed by atoms with Crippen LogP contribution in [0.3, 0.4) is 0 Å². The lowest BCUT2D eigenvalue weighted by Crippen LogP contribution is -2.52. The van der Waals surface area contributed by atoms with Gasteiger partial charge < -0.3 is 10.6 Å². The second-order valence-electron chi connectivity index (χ2n) is 5.01. The van der Waals surface area contributed by atoms with Gasteiger partial charge in [0.2, 0.25) is 0 Å². The van der Waals surface area contributed by atoms with Gasteiger partial charge in [-0.1, -0.05) is 28.1 Å². The molecule has 1 aliphatic carbocycles. The number of aliphatic imine (C=N–C) groups is 1. The summed E-state index contributed by atoms with van der Waals surface area (Å²) in [5.74, 6) is 0.684. The summed E-state index contributed by atoms with van der Waals surface area (Å²) in [5.41, 5.74) is 8.91. The summed E-state index contributed by atoms with van der Waals surface area (Å²) in [6.45, 7) is 0.835. The zero-order valence-corrected chi connectivity index (χ0v) is 11.5. The van der Waals surface area contributed by atoms with Gasteiger partial charge in [-0.05, 0) is 36.5 Å². The van der Waals surface area contributed by atoms with Crippen LogP contribution in [-0.2, 0) is 12.8 Å². The van der Waals surface area contributed by atoms with Gasteiger partial charge in [-0.25, -0.2) is 0 Å². The summed E-state index contributed by atoms with van der Waals surface area (Å²) in [5, 5.41) is 0. The Kier molecular flexibility index (Phi) is 2.43. The summed E-state index contributed by atoms with van der Waals surface area (Å²) >= 11 is 3.64. The highest BCUT2D eigenvalue weighted by molar-refractivity contribution is 9.10. The first-order chi connectivity index (χ1) is 8.12. The largest absolute Gasteiger partial charge is 0.370 e. The Labute approximate surface area is 110 Å². The molecular formula is C13H16BrN3.